The van der Waals surface area contributed by atoms with Gasteiger partial charge in [-0.15, -0.1) is 11.8 Å². The van der Waals surface area contributed by atoms with Crippen LogP contribution in [0.15, 0.2) is 0 Å². The van der Waals surface area contributed by atoms with E-state index in [2.05, 4.69) is 5.32 Å². The minimum atomic E-state index is -1.77. The molecule has 7 heteroatoms. The van der Waals surface area contributed by atoms with Gasteiger partial charge in [0.05, 0.1) is 6.42 Å². The first-order valence-corrected chi connectivity index (χ1v) is 5.76. The van der Waals surface area contributed by atoms with E-state index in [0.29, 0.717) is 5.75 Å². The summed E-state index contributed by atoms with van der Waals surface area (Å²) in [5.41, 5.74) is 0. The number of nitrogens with one attached hydrogen (secondary N) is 1. The quantitative estimate of drug-likeness (QED) is 0.568. The Balaban J connectivity index is 4.99. The van der Waals surface area contributed by atoms with E-state index in [-0.39, 0.29) is 6.42 Å². The molecule has 0 aliphatic heterocycles. The molecule has 1 atom stereocenters. The summed E-state index contributed by atoms with van der Waals surface area (Å²) < 4.78 is 0. The fourth-order valence-electron chi connectivity index (χ4n) is 1.10. The number of hydrogen-bond donors (Lipinski definition) is 3. The second-order valence-electron chi connectivity index (χ2n) is 3.04. The molecule has 16 heavy (non-hydrogen) atoms. The van der Waals surface area contributed by atoms with Gasteiger partial charge < -0.3 is 15.5 Å². The van der Waals surface area contributed by atoms with E-state index in [1.165, 1.54) is 0 Å². The van der Waals surface area contributed by atoms with Crippen LogP contribution in [0.3, 0.4) is 0 Å². The zero-order chi connectivity index (χ0) is 12.8. The summed E-state index contributed by atoms with van der Waals surface area (Å²) in [7, 11) is 0. The molecule has 1 amide bonds. The Hall–Kier alpha value is -1.24. The summed E-state index contributed by atoms with van der Waals surface area (Å²) in [5, 5.41) is 20.0. The van der Waals surface area contributed by atoms with Crippen molar-refractivity contribution in [3.8, 4) is 0 Å². The van der Waals surface area contributed by atoms with Crippen LogP contribution < -0.4 is 5.32 Å². The van der Waals surface area contributed by atoms with Crippen molar-refractivity contribution < 1.29 is 24.6 Å². The summed E-state index contributed by atoms with van der Waals surface area (Å²) in [6.07, 6.45) is -0.536. The Kier molecular flexibility index (Phi) is 5.87. The van der Waals surface area contributed by atoms with Crippen molar-refractivity contribution in [1.82, 2.24) is 5.32 Å². The van der Waals surface area contributed by atoms with E-state index in [0.717, 1.165) is 11.8 Å². The van der Waals surface area contributed by atoms with Gasteiger partial charge in [0.1, 0.15) is 0 Å². The molecule has 0 heterocycles. The van der Waals surface area contributed by atoms with Crippen LogP contribution in [0.1, 0.15) is 26.7 Å². The largest absolute Gasteiger partial charge is 0.481 e. The molecule has 0 spiro atoms. The molecule has 0 saturated carbocycles. The molecule has 1 unspecified atom stereocenters. The number of carbonyl (C=O) groups is 3. The van der Waals surface area contributed by atoms with Crippen molar-refractivity contribution >= 4 is 29.6 Å². The Bertz CT molecular complexity index is 294. The van der Waals surface area contributed by atoms with Crippen LogP contribution in [0.5, 0.6) is 0 Å². The first-order valence-electron chi connectivity index (χ1n) is 4.78. The molecule has 0 aliphatic rings. The van der Waals surface area contributed by atoms with Crippen LogP contribution in [0, 0.1) is 0 Å². The van der Waals surface area contributed by atoms with Crippen molar-refractivity contribution in [2.45, 2.75) is 31.6 Å². The average Bonchev–Trinajstić information content (AvgIpc) is 2.16. The Morgan fingerprint density at radius 1 is 1.25 bits per heavy atom. The summed E-state index contributed by atoms with van der Waals surface area (Å²) in [4.78, 5) is 31.2. The minimum Gasteiger partial charge on any atom is -0.481 e. The Labute approximate surface area is 97.4 Å². The molecular weight excluding hydrogens is 234 g/mol. The maximum absolute atomic E-state index is 11.2. The molecule has 0 rings (SSSR count). The van der Waals surface area contributed by atoms with Crippen LogP contribution in [-0.2, 0) is 14.4 Å². The van der Waals surface area contributed by atoms with Gasteiger partial charge in [-0.25, -0.2) is 4.79 Å². The maximum atomic E-state index is 11.2. The maximum Gasteiger partial charge on any atom is 0.340 e. The molecule has 0 aromatic rings. The molecule has 0 radical (unpaired) electrons. The fraction of sp³-hybridized carbons (Fsp3) is 0.667. The lowest BCUT2D eigenvalue weighted by Gasteiger charge is -2.27. The number of hydrogen-bond acceptors (Lipinski definition) is 4. The second-order valence-corrected chi connectivity index (χ2v) is 4.60. The third-order valence-electron chi connectivity index (χ3n) is 1.80. The van der Waals surface area contributed by atoms with Crippen LogP contribution >= 0.6 is 11.8 Å². The van der Waals surface area contributed by atoms with E-state index in [4.69, 9.17) is 10.2 Å². The van der Waals surface area contributed by atoms with Gasteiger partial charge in [0.2, 0.25) is 5.91 Å². The zero-order valence-corrected chi connectivity index (χ0v) is 9.97. The molecule has 3 N–H and O–H groups in total. The van der Waals surface area contributed by atoms with E-state index in [9.17, 15) is 14.4 Å². The van der Waals surface area contributed by atoms with Gasteiger partial charge >= 0.3 is 11.9 Å². The zero-order valence-electron chi connectivity index (χ0n) is 9.15. The number of aliphatic carboxylic acids is 2. The van der Waals surface area contributed by atoms with Gasteiger partial charge in [-0.2, -0.15) is 0 Å². The second kappa shape index (κ2) is 6.37. The summed E-state index contributed by atoms with van der Waals surface area (Å²) >= 11 is 0.892. The van der Waals surface area contributed by atoms with Crippen molar-refractivity contribution in [1.29, 1.82) is 0 Å². The highest BCUT2D eigenvalue weighted by molar-refractivity contribution is 8.01. The predicted molar refractivity (Wildman–Crippen MR) is 59.2 cm³/mol. The van der Waals surface area contributed by atoms with E-state index >= 15 is 0 Å². The molecule has 0 saturated heterocycles. The molecule has 0 fully saturated rings. The molecular formula is C9H15NO5S. The first kappa shape index (κ1) is 14.8. The average molecular weight is 249 g/mol. The van der Waals surface area contributed by atoms with Gasteiger partial charge in [-0.3, -0.25) is 9.59 Å². The van der Waals surface area contributed by atoms with E-state index < -0.39 is 29.1 Å². The Morgan fingerprint density at radius 2 is 1.81 bits per heavy atom. The van der Waals surface area contributed by atoms with Crippen molar-refractivity contribution in [2.75, 3.05) is 5.75 Å². The van der Waals surface area contributed by atoms with Gasteiger partial charge in [0, 0.05) is 6.42 Å². The normalized spacial score (nSPS) is 13.9. The smallest absolute Gasteiger partial charge is 0.340 e. The topological polar surface area (TPSA) is 104 Å². The standard InChI is InChI=1S/C9H15NO5S/c1-3-6(11)10-9(8(14)15,16-4-2)5-7(12)13/h3-5H2,1-2H3,(H,10,11)(H,12,13)(H,14,15). The number of carbonyl (C=O) groups excluding carboxylic acids is 1. The summed E-state index contributed by atoms with van der Waals surface area (Å²) in [5.74, 6) is -2.70. The Morgan fingerprint density at radius 3 is 2.12 bits per heavy atom. The first-order chi connectivity index (χ1) is 7.38. The van der Waals surface area contributed by atoms with E-state index in [1.54, 1.807) is 13.8 Å². The summed E-state index contributed by atoms with van der Waals surface area (Å²) in [6.45, 7) is 3.27. The minimum absolute atomic E-state index is 0.110. The monoisotopic (exact) mass is 249 g/mol. The highest BCUT2D eigenvalue weighted by Gasteiger charge is 2.42. The molecule has 6 nitrogen and oxygen atoms in total. The van der Waals surface area contributed by atoms with E-state index in [1.807, 2.05) is 0 Å². The van der Waals surface area contributed by atoms with Crippen LogP contribution in [-0.4, -0.2) is 38.7 Å². The lowest BCUT2D eigenvalue weighted by Crippen LogP contribution is -2.53. The summed E-state index contributed by atoms with van der Waals surface area (Å²) in [6, 6.07) is 0. The molecule has 0 bridgehead atoms. The number of carboxylic acids is 2. The fourth-order valence-corrected chi connectivity index (χ4v) is 2.12. The number of thioether (sulfide) groups is 1. The van der Waals surface area contributed by atoms with Crippen LogP contribution in [0.2, 0.25) is 0 Å². The third-order valence-corrected chi connectivity index (χ3v) is 3.00. The lowest BCUT2D eigenvalue weighted by molar-refractivity contribution is -0.148. The molecule has 92 valence electrons. The third kappa shape index (κ3) is 4.09. The van der Waals surface area contributed by atoms with Crippen LogP contribution in [0.4, 0.5) is 0 Å². The molecule has 0 aromatic carbocycles. The highest BCUT2D eigenvalue weighted by atomic mass is 32.2. The van der Waals surface area contributed by atoms with Crippen molar-refractivity contribution in [2.24, 2.45) is 0 Å². The SMILES string of the molecule is CCSC(CC(=O)O)(NC(=O)CC)C(=O)O. The molecule has 0 aromatic heterocycles. The van der Waals surface area contributed by atoms with Gasteiger partial charge in [0.25, 0.3) is 0 Å². The van der Waals surface area contributed by atoms with Crippen molar-refractivity contribution in [3.63, 3.8) is 0 Å². The lowest BCUT2D eigenvalue weighted by atomic mass is 10.2. The molecule has 0 aliphatic carbocycles. The van der Waals surface area contributed by atoms with Crippen molar-refractivity contribution in [3.05, 3.63) is 0 Å². The number of amides is 1. The predicted octanol–water partition coefficient (Wildman–Crippen LogP) is 0.521. The van der Waals surface area contributed by atoms with Gasteiger partial charge in [0.15, 0.2) is 4.87 Å². The highest BCUT2D eigenvalue weighted by Crippen LogP contribution is 2.27. The number of carboxylic acid groups (broad SMARTS) is 2. The van der Waals surface area contributed by atoms with Gasteiger partial charge in [-0.05, 0) is 5.75 Å². The van der Waals surface area contributed by atoms with Gasteiger partial charge in [-0.1, -0.05) is 13.8 Å². The number of rotatable bonds is 7. The van der Waals surface area contributed by atoms with Crippen LogP contribution in [0.25, 0.3) is 0 Å².